The van der Waals surface area contributed by atoms with Crippen LogP contribution in [0.15, 0.2) is 6.07 Å². The van der Waals surface area contributed by atoms with E-state index >= 15 is 0 Å². The van der Waals surface area contributed by atoms with E-state index in [-0.39, 0.29) is 30.1 Å². The molecule has 4 fully saturated rings. The summed E-state index contributed by atoms with van der Waals surface area (Å²) in [5.74, 6) is -1.37. The number of ketones is 1. The lowest BCUT2D eigenvalue weighted by molar-refractivity contribution is -0.291. The largest absolute Gasteiger partial charge is 0.506 e. The fourth-order valence-electron chi connectivity index (χ4n) is 7.97. The molecule has 5 aliphatic heterocycles. The van der Waals surface area contributed by atoms with E-state index in [1.807, 2.05) is 13.0 Å². The molecule has 11 nitrogen and oxygen atoms in total. The van der Waals surface area contributed by atoms with E-state index in [1.54, 1.807) is 14.2 Å². The molecule has 0 amide bonds. The summed E-state index contributed by atoms with van der Waals surface area (Å²) < 4.78 is 44.6. The van der Waals surface area contributed by atoms with Gasteiger partial charge >= 0.3 is 0 Å². The van der Waals surface area contributed by atoms with Crippen molar-refractivity contribution in [3.63, 3.8) is 0 Å². The van der Waals surface area contributed by atoms with Crippen LogP contribution in [0.1, 0.15) is 59.3 Å². The maximum Gasteiger partial charge on any atom is 0.264 e. The lowest BCUT2D eigenvalue weighted by Crippen LogP contribution is -2.69. The minimum atomic E-state index is -1.27. The van der Waals surface area contributed by atoms with Crippen LogP contribution >= 0.6 is 0 Å². The summed E-state index contributed by atoms with van der Waals surface area (Å²) in [6, 6.07) is 1.95. The Morgan fingerprint density at radius 2 is 2.05 bits per heavy atom. The molecule has 6 aliphatic rings. The van der Waals surface area contributed by atoms with Crippen LogP contribution in [0.5, 0.6) is 17.2 Å². The highest BCUT2D eigenvalue weighted by Crippen LogP contribution is 2.69. The molecular formula is C30H36N2O9. The summed E-state index contributed by atoms with van der Waals surface area (Å²) in [6.07, 6.45) is 0.832. The molecular weight excluding hydrogens is 532 g/mol. The monoisotopic (exact) mass is 568 g/mol. The number of hydrogen-bond acceptors (Lipinski definition) is 11. The zero-order valence-corrected chi connectivity index (χ0v) is 23.7. The number of carbonyl (C=O) groups excluding carboxylic acids is 1. The fraction of sp³-hybridized carbons (Fsp3) is 0.633. The lowest BCUT2D eigenvalue weighted by atomic mass is 9.78. The first-order valence-corrected chi connectivity index (χ1v) is 14.5. The third-order valence-corrected chi connectivity index (χ3v) is 10.3. The first kappa shape index (κ1) is 26.1. The van der Waals surface area contributed by atoms with Crippen molar-refractivity contribution in [1.82, 2.24) is 5.32 Å². The molecule has 4 N–H and O–H groups in total. The van der Waals surface area contributed by atoms with Gasteiger partial charge in [0.05, 0.1) is 24.7 Å². The fourth-order valence-corrected chi connectivity index (χ4v) is 7.97. The highest BCUT2D eigenvalue weighted by molar-refractivity contribution is 6.11. The van der Waals surface area contributed by atoms with E-state index in [1.165, 1.54) is 0 Å². The predicted molar refractivity (Wildman–Crippen MR) is 144 cm³/mol. The van der Waals surface area contributed by atoms with Crippen molar-refractivity contribution < 1.29 is 43.1 Å². The Balaban J connectivity index is 1.26. The van der Waals surface area contributed by atoms with Crippen LogP contribution in [0.25, 0.3) is 10.8 Å². The lowest BCUT2D eigenvalue weighted by Gasteiger charge is -2.49. The van der Waals surface area contributed by atoms with Gasteiger partial charge in [0, 0.05) is 49.1 Å². The van der Waals surface area contributed by atoms with E-state index in [0.29, 0.717) is 66.7 Å². The number of nitrogens with two attached hydrogens (primary N) is 1. The third-order valence-electron chi connectivity index (χ3n) is 10.3. The molecule has 0 aromatic heterocycles. The highest BCUT2D eigenvalue weighted by Gasteiger charge is 2.89. The number of phenolic OH excluding ortho intramolecular Hbond substituents is 1. The Hall–Kier alpha value is -2.51. The van der Waals surface area contributed by atoms with Gasteiger partial charge in [0.15, 0.2) is 23.7 Å². The molecule has 41 heavy (non-hydrogen) atoms. The van der Waals surface area contributed by atoms with Crippen molar-refractivity contribution in [2.24, 2.45) is 11.7 Å². The van der Waals surface area contributed by atoms with Crippen molar-refractivity contribution >= 4 is 16.6 Å². The maximum atomic E-state index is 13.1. The first-order chi connectivity index (χ1) is 19.7. The summed E-state index contributed by atoms with van der Waals surface area (Å²) in [6.45, 7) is 5.13. The van der Waals surface area contributed by atoms with Crippen molar-refractivity contribution in [2.45, 2.75) is 81.2 Å². The molecule has 0 radical (unpaired) electrons. The molecule has 4 saturated heterocycles. The zero-order chi connectivity index (χ0) is 28.5. The number of ether oxygens (including phenoxy) is 7. The minimum Gasteiger partial charge on any atom is -0.506 e. The van der Waals surface area contributed by atoms with E-state index in [2.05, 4.69) is 12.2 Å². The van der Waals surface area contributed by atoms with Crippen LogP contribution in [0.2, 0.25) is 0 Å². The SMILES string of the molecule is COc1c2c(c(O)c3c4c(c(C)cc13)C1OC3(COC5CC(C)C(N)CO5)OC1C(OC)(O4)C31CN1)C(=O)CCC2. The van der Waals surface area contributed by atoms with E-state index in [0.717, 1.165) is 16.7 Å². The van der Waals surface area contributed by atoms with Gasteiger partial charge in [0.2, 0.25) is 5.79 Å². The third kappa shape index (κ3) is 3.10. The zero-order valence-electron chi connectivity index (χ0n) is 23.7. The van der Waals surface area contributed by atoms with E-state index in [9.17, 15) is 9.90 Å². The number of aromatic hydroxyl groups is 1. The summed E-state index contributed by atoms with van der Waals surface area (Å²) in [4.78, 5) is 13.1. The van der Waals surface area contributed by atoms with Gasteiger partial charge in [0.25, 0.3) is 5.79 Å². The number of hydrogen-bond donors (Lipinski definition) is 3. The number of methoxy groups -OCH3 is 2. The average Bonchev–Trinajstić information content (AvgIpc) is 3.62. The quantitative estimate of drug-likeness (QED) is 0.456. The Bertz CT molecular complexity index is 1490. The minimum absolute atomic E-state index is 0.0194. The van der Waals surface area contributed by atoms with Crippen molar-refractivity contribution in [2.75, 3.05) is 34.0 Å². The molecule has 2 bridgehead atoms. The molecule has 11 heteroatoms. The molecule has 8 atom stereocenters. The number of phenols is 1. The number of carbonyl (C=O) groups is 1. The van der Waals surface area contributed by atoms with Gasteiger partial charge in [-0.1, -0.05) is 6.92 Å². The summed E-state index contributed by atoms with van der Waals surface area (Å²) in [7, 11) is 3.19. The van der Waals surface area contributed by atoms with Gasteiger partial charge < -0.3 is 44.0 Å². The van der Waals surface area contributed by atoms with Crippen molar-refractivity contribution in [3.05, 3.63) is 28.3 Å². The van der Waals surface area contributed by atoms with Crippen LogP contribution < -0.4 is 20.5 Å². The summed E-state index contributed by atoms with van der Waals surface area (Å²) >= 11 is 0. The van der Waals surface area contributed by atoms with Gasteiger partial charge in [-0.2, -0.15) is 0 Å². The molecule has 1 spiro atoms. The number of nitrogens with one attached hydrogen (secondary N) is 1. The van der Waals surface area contributed by atoms with Gasteiger partial charge in [-0.3, -0.25) is 10.1 Å². The number of benzene rings is 2. The smallest absolute Gasteiger partial charge is 0.264 e. The topological polar surface area (TPSA) is 150 Å². The molecule has 2 aromatic rings. The van der Waals surface area contributed by atoms with Crippen LogP contribution in [0.3, 0.4) is 0 Å². The molecule has 0 saturated carbocycles. The second-order valence-corrected chi connectivity index (χ2v) is 12.4. The average molecular weight is 569 g/mol. The Labute approximate surface area is 237 Å². The molecule has 8 rings (SSSR count). The van der Waals surface area contributed by atoms with Crippen molar-refractivity contribution in [3.8, 4) is 17.2 Å². The molecule has 220 valence electrons. The van der Waals surface area contributed by atoms with Crippen molar-refractivity contribution in [1.29, 1.82) is 0 Å². The van der Waals surface area contributed by atoms with E-state index < -0.39 is 35.6 Å². The standard InChI is InChI=1S/C30H36N2O9/c1-13-9-19(37-10-17(13)31)38-12-29-28(11-32-28)30(36-4)27(41-29)26(39-29)20-14(2)8-16-22(25(20)40-30)23(34)21-15(24(16)35-3)6-5-7-18(21)33/h8,13,17,19,26-27,32,34H,5-7,9-12,31H2,1-4H3. The molecule has 2 aromatic carbocycles. The van der Waals surface area contributed by atoms with Gasteiger partial charge in [-0.25, -0.2) is 0 Å². The molecule has 8 unspecified atom stereocenters. The number of Topliss-reactive ketones (excluding diaryl/α,β-unsaturated/α-hetero) is 1. The van der Waals surface area contributed by atoms with Crippen LogP contribution in [0, 0.1) is 12.8 Å². The van der Waals surface area contributed by atoms with Gasteiger partial charge in [-0.05, 0) is 37.3 Å². The Kier molecular flexibility index (Phi) is 5.44. The Morgan fingerprint density at radius 1 is 1.24 bits per heavy atom. The van der Waals surface area contributed by atoms with Crippen LogP contribution in [-0.4, -0.2) is 80.4 Å². The summed E-state index contributed by atoms with van der Waals surface area (Å²) in [5, 5.41) is 16.2. The van der Waals surface area contributed by atoms with E-state index in [4.69, 9.17) is 38.9 Å². The second-order valence-electron chi connectivity index (χ2n) is 12.4. The first-order valence-electron chi connectivity index (χ1n) is 14.5. The normalized spacial score (nSPS) is 40.0. The van der Waals surface area contributed by atoms with Crippen LogP contribution in [0.4, 0.5) is 0 Å². The predicted octanol–water partition coefficient (Wildman–Crippen LogP) is 2.35. The Morgan fingerprint density at radius 3 is 2.76 bits per heavy atom. The maximum absolute atomic E-state index is 13.1. The van der Waals surface area contributed by atoms with Crippen LogP contribution in [-0.2, 0) is 30.1 Å². The van der Waals surface area contributed by atoms with Gasteiger partial charge in [0.1, 0.15) is 30.0 Å². The highest BCUT2D eigenvalue weighted by atomic mass is 16.8. The molecule has 5 heterocycles. The van der Waals surface area contributed by atoms with Gasteiger partial charge in [-0.15, -0.1) is 0 Å². The number of fused-ring (bicyclic) bond motifs is 8. The second kappa shape index (κ2) is 8.53. The number of aryl methyl sites for hydroxylation is 1. The number of rotatable bonds is 5. The molecule has 1 aliphatic carbocycles. The summed E-state index contributed by atoms with van der Waals surface area (Å²) in [5.41, 5.74) is 7.96.